The lowest BCUT2D eigenvalue weighted by Gasteiger charge is -2.20. The largest absolute Gasteiger partial charge is 0.396 e. The summed E-state index contributed by atoms with van der Waals surface area (Å²) in [7, 11) is 0. The number of aromatic nitrogens is 2. The quantitative estimate of drug-likeness (QED) is 0.612. The van der Waals surface area contributed by atoms with Gasteiger partial charge in [0.15, 0.2) is 0 Å². The number of carbonyl (C=O) groups is 1. The highest BCUT2D eigenvalue weighted by molar-refractivity contribution is 7.99. The van der Waals surface area contributed by atoms with E-state index >= 15 is 0 Å². The lowest BCUT2D eigenvalue weighted by molar-refractivity contribution is -0.128. The molecular weight excluding hydrogens is 338 g/mol. The summed E-state index contributed by atoms with van der Waals surface area (Å²) >= 11 is 1.42. The fourth-order valence-electron chi connectivity index (χ4n) is 3.71. The van der Waals surface area contributed by atoms with Crippen molar-refractivity contribution in [2.45, 2.75) is 62.9 Å². The zero-order valence-corrected chi connectivity index (χ0v) is 15.5. The van der Waals surface area contributed by atoms with Crippen molar-refractivity contribution in [1.82, 2.24) is 14.5 Å². The maximum absolute atomic E-state index is 12.5. The summed E-state index contributed by atoms with van der Waals surface area (Å²) in [5, 5.41) is 9.77. The number of aliphatic hydroxyl groups excluding tert-OH is 1. The summed E-state index contributed by atoms with van der Waals surface area (Å²) in [6.45, 7) is 2.30. The van der Waals surface area contributed by atoms with Gasteiger partial charge in [-0.25, -0.2) is 4.79 Å². The van der Waals surface area contributed by atoms with Crippen molar-refractivity contribution < 1.29 is 9.90 Å². The molecule has 0 saturated carbocycles. The van der Waals surface area contributed by atoms with Crippen LogP contribution in [-0.2, 0) is 24.2 Å². The van der Waals surface area contributed by atoms with E-state index in [1.54, 1.807) is 4.57 Å². The van der Waals surface area contributed by atoms with Gasteiger partial charge in [-0.05, 0) is 38.5 Å². The van der Waals surface area contributed by atoms with Gasteiger partial charge in [0.05, 0.1) is 5.75 Å². The van der Waals surface area contributed by atoms with Crippen molar-refractivity contribution in [1.29, 1.82) is 0 Å². The molecule has 1 aromatic rings. The van der Waals surface area contributed by atoms with E-state index in [0.717, 1.165) is 61.5 Å². The maximum Gasteiger partial charge on any atom is 0.348 e. The number of likely N-dealkylation sites (tertiary alicyclic amines) is 1. The standard InChI is InChI=1S/C18H27N3O3S/c22-12-6-11-21-15-8-5-7-14(15)17(19-18(21)24)25-13-16(23)20-9-3-1-2-4-10-20/h22H,1-13H2. The van der Waals surface area contributed by atoms with Gasteiger partial charge in [0, 0.05) is 37.5 Å². The van der Waals surface area contributed by atoms with Crippen LogP contribution < -0.4 is 5.69 Å². The minimum atomic E-state index is -0.251. The Hall–Kier alpha value is -1.34. The maximum atomic E-state index is 12.5. The van der Waals surface area contributed by atoms with Crippen LogP contribution in [-0.4, -0.2) is 50.9 Å². The minimum absolute atomic E-state index is 0.0715. The molecule has 138 valence electrons. The Bertz CT molecular complexity index is 666. The number of hydrogen-bond acceptors (Lipinski definition) is 5. The van der Waals surface area contributed by atoms with E-state index in [4.69, 9.17) is 5.11 Å². The number of thioether (sulfide) groups is 1. The Morgan fingerprint density at radius 1 is 1.12 bits per heavy atom. The molecule has 1 N–H and O–H groups in total. The first kappa shape index (κ1) is 18.5. The molecule has 1 aromatic heterocycles. The van der Waals surface area contributed by atoms with Crippen LogP contribution in [0.5, 0.6) is 0 Å². The van der Waals surface area contributed by atoms with Crippen molar-refractivity contribution in [3.63, 3.8) is 0 Å². The Morgan fingerprint density at radius 2 is 1.88 bits per heavy atom. The summed E-state index contributed by atoms with van der Waals surface area (Å²) in [6.07, 6.45) is 7.97. The number of carbonyl (C=O) groups excluding carboxylic acids is 1. The van der Waals surface area contributed by atoms with Gasteiger partial charge in [0.1, 0.15) is 5.03 Å². The number of rotatable bonds is 6. The number of hydrogen-bond donors (Lipinski definition) is 1. The van der Waals surface area contributed by atoms with Crippen molar-refractivity contribution in [2.24, 2.45) is 0 Å². The van der Waals surface area contributed by atoms with Gasteiger partial charge in [-0.15, -0.1) is 0 Å². The fourth-order valence-corrected chi connectivity index (χ4v) is 4.69. The van der Waals surface area contributed by atoms with Gasteiger partial charge in [-0.3, -0.25) is 9.36 Å². The van der Waals surface area contributed by atoms with Crippen LogP contribution in [0.25, 0.3) is 0 Å². The van der Waals surface area contributed by atoms with E-state index in [1.165, 1.54) is 24.6 Å². The first-order chi connectivity index (χ1) is 12.2. The molecule has 0 atom stereocenters. The highest BCUT2D eigenvalue weighted by Gasteiger charge is 2.23. The average molecular weight is 365 g/mol. The smallest absolute Gasteiger partial charge is 0.348 e. The van der Waals surface area contributed by atoms with Crippen molar-refractivity contribution >= 4 is 17.7 Å². The molecule has 6 nitrogen and oxygen atoms in total. The first-order valence-electron chi connectivity index (χ1n) is 9.34. The zero-order valence-electron chi connectivity index (χ0n) is 14.7. The summed E-state index contributed by atoms with van der Waals surface area (Å²) in [5.74, 6) is 0.518. The second-order valence-corrected chi connectivity index (χ2v) is 7.75. The van der Waals surface area contributed by atoms with Crippen LogP contribution in [0.3, 0.4) is 0 Å². The highest BCUT2D eigenvalue weighted by atomic mass is 32.2. The molecule has 0 aromatic carbocycles. The molecule has 1 aliphatic carbocycles. The summed E-state index contributed by atoms with van der Waals surface area (Å²) in [4.78, 5) is 31.1. The van der Waals surface area contributed by atoms with Gasteiger partial charge < -0.3 is 10.0 Å². The van der Waals surface area contributed by atoms with Crippen LogP contribution in [0.1, 0.15) is 49.8 Å². The third-order valence-corrected chi connectivity index (χ3v) is 6.03. The van der Waals surface area contributed by atoms with Gasteiger partial charge in [0.2, 0.25) is 5.91 Å². The second kappa shape index (κ2) is 8.85. The molecular formula is C18H27N3O3S. The predicted octanol–water partition coefficient (Wildman–Crippen LogP) is 1.61. The van der Waals surface area contributed by atoms with E-state index in [1.807, 2.05) is 4.90 Å². The van der Waals surface area contributed by atoms with Crippen LogP contribution in [0.4, 0.5) is 0 Å². The number of aliphatic hydroxyl groups is 1. The van der Waals surface area contributed by atoms with Gasteiger partial charge >= 0.3 is 5.69 Å². The molecule has 0 spiro atoms. The van der Waals surface area contributed by atoms with Crippen molar-refractivity contribution in [3.05, 3.63) is 21.7 Å². The fraction of sp³-hybridized carbons (Fsp3) is 0.722. The van der Waals surface area contributed by atoms with Gasteiger partial charge in [-0.1, -0.05) is 24.6 Å². The Balaban J connectivity index is 1.70. The minimum Gasteiger partial charge on any atom is -0.396 e. The SMILES string of the molecule is O=C(CSc1nc(=O)n(CCCO)c2c1CCC2)N1CCCCCC1. The molecule has 1 saturated heterocycles. The van der Waals surface area contributed by atoms with Crippen LogP contribution in [0.2, 0.25) is 0 Å². The molecule has 1 aliphatic heterocycles. The summed E-state index contributed by atoms with van der Waals surface area (Å²) in [5.41, 5.74) is 1.93. The molecule has 2 aliphatic rings. The number of fused-ring (bicyclic) bond motifs is 1. The Kier molecular flexibility index (Phi) is 6.53. The number of amides is 1. The van der Waals surface area contributed by atoms with Crippen LogP contribution in [0, 0.1) is 0 Å². The molecule has 7 heteroatoms. The van der Waals surface area contributed by atoms with E-state index in [9.17, 15) is 9.59 Å². The van der Waals surface area contributed by atoms with E-state index in [-0.39, 0.29) is 18.2 Å². The summed E-state index contributed by atoms with van der Waals surface area (Å²) in [6, 6.07) is 0. The Labute approximate surface area is 152 Å². The molecule has 0 radical (unpaired) electrons. The monoisotopic (exact) mass is 365 g/mol. The van der Waals surface area contributed by atoms with Crippen LogP contribution >= 0.6 is 11.8 Å². The average Bonchev–Trinajstić information content (AvgIpc) is 2.93. The molecule has 3 rings (SSSR count). The molecule has 0 unspecified atom stereocenters. The van der Waals surface area contributed by atoms with Gasteiger partial charge in [0.25, 0.3) is 0 Å². The first-order valence-corrected chi connectivity index (χ1v) is 10.3. The van der Waals surface area contributed by atoms with Gasteiger partial charge in [-0.2, -0.15) is 4.98 Å². The predicted molar refractivity (Wildman–Crippen MR) is 98.0 cm³/mol. The Morgan fingerprint density at radius 3 is 2.60 bits per heavy atom. The normalized spacial score (nSPS) is 17.4. The van der Waals surface area contributed by atoms with Crippen molar-refractivity contribution in [3.8, 4) is 0 Å². The molecule has 2 heterocycles. The topological polar surface area (TPSA) is 75.4 Å². The van der Waals surface area contributed by atoms with E-state index < -0.39 is 0 Å². The van der Waals surface area contributed by atoms with E-state index in [2.05, 4.69) is 4.98 Å². The third kappa shape index (κ3) is 4.44. The van der Waals surface area contributed by atoms with Crippen molar-refractivity contribution in [2.75, 3.05) is 25.4 Å². The van der Waals surface area contributed by atoms with E-state index in [0.29, 0.717) is 18.7 Å². The number of nitrogens with zero attached hydrogens (tertiary/aromatic N) is 3. The lowest BCUT2D eigenvalue weighted by atomic mass is 10.2. The third-order valence-electron chi connectivity index (χ3n) is 5.03. The summed E-state index contributed by atoms with van der Waals surface area (Å²) < 4.78 is 1.71. The molecule has 1 fully saturated rings. The zero-order chi connectivity index (χ0) is 17.6. The molecule has 25 heavy (non-hydrogen) atoms. The highest BCUT2D eigenvalue weighted by Crippen LogP contribution is 2.29. The van der Waals surface area contributed by atoms with Crippen LogP contribution in [0.15, 0.2) is 9.82 Å². The molecule has 0 bridgehead atoms. The second-order valence-electron chi connectivity index (χ2n) is 6.79. The lowest BCUT2D eigenvalue weighted by Crippen LogP contribution is -2.33. The molecule has 1 amide bonds.